The average Bonchev–Trinajstić information content (AvgIpc) is 2.93. The summed E-state index contributed by atoms with van der Waals surface area (Å²) in [6.45, 7) is 6.34. The van der Waals surface area contributed by atoms with Crippen LogP contribution in [0.3, 0.4) is 0 Å². The lowest BCUT2D eigenvalue weighted by molar-refractivity contribution is 0.102. The Kier molecular flexibility index (Phi) is 5.07. The molecule has 1 amide bonds. The summed E-state index contributed by atoms with van der Waals surface area (Å²) in [6, 6.07) is 13.6. The van der Waals surface area contributed by atoms with Crippen molar-refractivity contribution in [3.63, 3.8) is 0 Å². The molecule has 0 unspecified atom stereocenters. The standard InChI is InChI=1S/C21H23N3O2/c1-14-8-9-15(2)20(10-14)26-13-17-6-5-7-18(11-17)21(25)22-19-12-24(4)23-16(19)3/h5-12H,13H2,1-4H3,(H,22,25). The molecule has 26 heavy (non-hydrogen) atoms. The molecule has 3 aromatic rings. The highest BCUT2D eigenvalue weighted by molar-refractivity contribution is 6.04. The zero-order valence-electron chi connectivity index (χ0n) is 15.5. The van der Waals surface area contributed by atoms with Gasteiger partial charge in [0.1, 0.15) is 12.4 Å². The molecule has 134 valence electrons. The van der Waals surface area contributed by atoms with Gasteiger partial charge in [-0.15, -0.1) is 0 Å². The summed E-state index contributed by atoms with van der Waals surface area (Å²) < 4.78 is 7.61. The lowest BCUT2D eigenvalue weighted by Gasteiger charge is -2.11. The van der Waals surface area contributed by atoms with E-state index in [1.807, 2.05) is 58.2 Å². The Hall–Kier alpha value is -3.08. The summed E-state index contributed by atoms with van der Waals surface area (Å²) in [5.41, 5.74) is 5.30. The Labute approximate surface area is 153 Å². The fourth-order valence-corrected chi connectivity index (χ4v) is 2.74. The quantitative estimate of drug-likeness (QED) is 0.752. The third kappa shape index (κ3) is 4.11. The predicted molar refractivity (Wildman–Crippen MR) is 103 cm³/mol. The Morgan fingerprint density at radius 3 is 2.69 bits per heavy atom. The van der Waals surface area contributed by atoms with Crippen molar-refractivity contribution in [3.8, 4) is 5.75 Å². The summed E-state index contributed by atoms with van der Waals surface area (Å²) in [5, 5.41) is 7.14. The van der Waals surface area contributed by atoms with Crippen molar-refractivity contribution in [1.29, 1.82) is 0 Å². The SMILES string of the molecule is Cc1ccc(C)c(OCc2cccc(C(=O)Nc3cn(C)nc3C)c2)c1. The van der Waals surface area contributed by atoms with Gasteiger partial charge >= 0.3 is 0 Å². The second-order valence-electron chi connectivity index (χ2n) is 6.51. The molecule has 5 nitrogen and oxygen atoms in total. The Morgan fingerprint density at radius 1 is 1.15 bits per heavy atom. The molecule has 0 radical (unpaired) electrons. The van der Waals surface area contributed by atoms with Crippen LogP contribution >= 0.6 is 0 Å². The minimum atomic E-state index is -0.158. The van der Waals surface area contributed by atoms with E-state index in [1.165, 1.54) is 0 Å². The summed E-state index contributed by atoms with van der Waals surface area (Å²) in [4.78, 5) is 12.5. The molecule has 1 heterocycles. The number of nitrogens with one attached hydrogen (secondary N) is 1. The third-order valence-corrected chi connectivity index (χ3v) is 4.19. The zero-order chi connectivity index (χ0) is 18.7. The number of hydrogen-bond acceptors (Lipinski definition) is 3. The van der Waals surface area contributed by atoms with E-state index in [0.29, 0.717) is 12.2 Å². The van der Waals surface area contributed by atoms with Crippen molar-refractivity contribution < 1.29 is 9.53 Å². The molecule has 1 N–H and O–H groups in total. The molecule has 0 aliphatic heterocycles. The first kappa shape index (κ1) is 17.7. The monoisotopic (exact) mass is 349 g/mol. The van der Waals surface area contributed by atoms with Gasteiger partial charge in [-0.05, 0) is 55.7 Å². The number of aromatic nitrogens is 2. The number of amides is 1. The highest BCUT2D eigenvalue weighted by Gasteiger charge is 2.11. The van der Waals surface area contributed by atoms with Gasteiger partial charge in [0.25, 0.3) is 5.91 Å². The molecular weight excluding hydrogens is 326 g/mol. The first-order chi connectivity index (χ1) is 12.4. The van der Waals surface area contributed by atoms with E-state index in [4.69, 9.17) is 4.74 Å². The van der Waals surface area contributed by atoms with Crippen molar-refractivity contribution in [3.05, 3.63) is 76.6 Å². The maximum Gasteiger partial charge on any atom is 0.255 e. The van der Waals surface area contributed by atoms with Crippen LogP contribution in [-0.2, 0) is 13.7 Å². The van der Waals surface area contributed by atoms with Gasteiger partial charge in [0.05, 0.1) is 11.4 Å². The van der Waals surface area contributed by atoms with E-state index in [1.54, 1.807) is 16.9 Å². The van der Waals surface area contributed by atoms with E-state index in [9.17, 15) is 4.79 Å². The lowest BCUT2D eigenvalue weighted by Crippen LogP contribution is -2.12. The van der Waals surface area contributed by atoms with E-state index < -0.39 is 0 Å². The summed E-state index contributed by atoms with van der Waals surface area (Å²) >= 11 is 0. The van der Waals surface area contributed by atoms with Gasteiger partial charge in [-0.1, -0.05) is 24.3 Å². The first-order valence-electron chi connectivity index (χ1n) is 8.53. The Balaban J connectivity index is 1.70. The molecular formula is C21H23N3O2. The minimum Gasteiger partial charge on any atom is -0.489 e. The van der Waals surface area contributed by atoms with Gasteiger partial charge in [0.2, 0.25) is 0 Å². The van der Waals surface area contributed by atoms with Crippen LogP contribution in [0.5, 0.6) is 5.75 Å². The van der Waals surface area contributed by atoms with Crippen LogP contribution in [0, 0.1) is 20.8 Å². The molecule has 0 bridgehead atoms. The van der Waals surface area contributed by atoms with Gasteiger partial charge in [-0.3, -0.25) is 9.48 Å². The molecule has 0 saturated heterocycles. The van der Waals surface area contributed by atoms with Gasteiger partial charge < -0.3 is 10.1 Å². The number of aryl methyl sites for hydroxylation is 4. The molecule has 5 heteroatoms. The maximum absolute atomic E-state index is 12.5. The summed E-state index contributed by atoms with van der Waals surface area (Å²) in [6.07, 6.45) is 1.79. The first-order valence-corrected chi connectivity index (χ1v) is 8.53. The van der Waals surface area contributed by atoms with Crippen molar-refractivity contribution in [2.45, 2.75) is 27.4 Å². The van der Waals surface area contributed by atoms with E-state index in [0.717, 1.165) is 33.8 Å². The summed E-state index contributed by atoms with van der Waals surface area (Å²) in [7, 11) is 1.83. The van der Waals surface area contributed by atoms with Gasteiger partial charge in [-0.2, -0.15) is 5.10 Å². The van der Waals surface area contributed by atoms with Crippen molar-refractivity contribution in [1.82, 2.24) is 9.78 Å². The molecule has 2 aromatic carbocycles. The topological polar surface area (TPSA) is 56.1 Å². The molecule has 1 aromatic heterocycles. The number of ether oxygens (including phenoxy) is 1. The highest BCUT2D eigenvalue weighted by atomic mass is 16.5. The van der Waals surface area contributed by atoms with Gasteiger partial charge in [0, 0.05) is 18.8 Å². The number of carbonyl (C=O) groups excluding carboxylic acids is 1. The van der Waals surface area contributed by atoms with Crippen molar-refractivity contribution in [2.75, 3.05) is 5.32 Å². The number of anilines is 1. The number of benzene rings is 2. The van der Waals surface area contributed by atoms with E-state index in [-0.39, 0.29) is 5.91 Å². The lowest BCUT2D eigenvalue weighted by atomic mass is 10.1. The van der Waals surface area contributed by atoms with Crippen LogP contribution in [0.25, 0.3) is 0 Å². The average molecular weight is 349 g/mol. The molecule has 0 aliphatic carbocycles. The second kappa shape index (κ2) is 7.44. The smallest absolute Gasteiger partial charge is 0.255 e. The number of nitrogens with zero attached hydrogens (tertiary/aromatic N) is 2. The molecule has 0 atom stereocenters. The Bertz CT molecular complexity index is 944. The van der Waals surface area contributed by atoms with Gasteiger partial charge in [0.15, 0.2) is 0 Å². The highest BCUT2D eigenvalue weighted by Crippen LogP contribution is 2.21. The number of hydrogen-bond donors (Lipinski definition) is 1. The van der Waals surface area contributed by atoms with Crippen molar-refractivity contribution >= 4 is 11.6 Å². The Morgan fingerprint density at radius 2 is 1.96 bits per heavy atom. The van der Waals surface area contributed by atoms with Crippen LogP contribution in [0.1, 0.15) is 32.7 Å². The van der Waals surface area contributed by atoms with Crippen molar-refractivity contribution in [2.24, 2.45) is 7.05 Å². The fraction of sp³-hybridized carbons (Fsp3) is 0.238. The molecule has 3 rings (SSSR count). The molecule has 0 fully saturated rings. The van der Waals surface area contributed by atoms with Crippen LogP contribution in [-0.4, -0.2) is 15.7 Å². The van der Waals surface area contributed by atoms with Crippen LogP contribution in [0.15, 0.2) is 48.7 Å². The number of carbonyl (C=O) groups is 1. The number of rotatable bonds is 5. The van der Waals surface area contributed by atoms with Gasteiger partial charge in [-0.25, -0.2) is 0 Å². The largest absolute Gasteiger partial charge is 0.489 e. The van der Waals surface area contributed by atoms with Crippen LogP contribution in [0.2, 0.25) is 0 Å². The molecule has 0 aliphatic rings. The van der Waals surface area contributed by atoms with Crippen LogP contribution in [0.4, 0.5) is 5.69 Å². The van der Waals surface area contributed by atoms with Crippen LogP contribution < -0.4 is 10.1 Å². The maximum atomic E-state index is 12.5. The van der Waals surface area contributed by atoms with E-state index >= 15 is 0 Å². The third-order valence-electron chi connectivity index (χ3n) is 4.19. The molecule has 0 spiro atoms. The van der Waals surface area contributed by atoms with E-state index in [2.05, 4.69) is 16.5 Å². The zero-order valence-corrected chi connectivity index (χ0v) is 15.5. The fourth-order valence-electron chi connectivity index (χ4n) is 2.74. The summed E-state index contributed by atoms with van der Waals surface area (Å²) in [5.74, 6) is 0.709. The predicted octanol–water partition coefficient (Wildman–Crippen LogP) is 4.18. The second-order valence-corrected chi connectivity index (χ2v) is 6.51. The molecule has 0 saturated carbocycles. The normalized spacial score (nSPS) is 10.6. The minimum absolute atomic E-state index is 0.158.